The summed E-state index contributed by atoms with van der Waals surface area (Å²) in [5.74, 6) is 1.97. The van der Waals surface area contributed by atoms with Crippen LogP contribution in [0.5, 0.6) is 5.75 Å². The maximum absolute atomic E-state index is 12.0. The van der Waals surface area contributed by atoms with Crippen LogP contribution >= 0.6 is 18.5 Å². The van der Waals surface area contributed by atoms with Crippen molar-refractivity contribution in [2.45, 2.75) is 6.92 Å². The molecule has 0 bridgehead atoms. The van der Waals surface area contributed by atoms with Crippen LogP contribution in [-0.4, -0.2) is 10.9 Å². The third-order valence-corrected chi connectivity index (χ3v) is 2.88. The first-order valence-electron chi connectivity index (χ1n) is 5.40. The largest absolute Gasteiger partial charge is 0.508 e. The first kappa shape index (κ1) is 14.8. The summed E-state index contributed by atoms with van der Waals surface area (Å²) in [5, 5.41) is 10.2. The van der Waals surface area contributed by atoms with Gasteiger partial charge in [-0.25, -0.2) is 0 Å². The molecule has 0 aliphatic heterocycles. The van der Waals surface area contributed by atoms with Gasteiger partial charge < -0.3 is 5.11 Å². The van der Waals surface area contributed by atoms with Crippen LogP contribution in [0.25, 0.3) is 0 Å². The van der Waals surface area contributed by atoms with Crippen LogP contribution in [0.15, 0.2) is 59.2 Å². The Kier molecular flexibility index (Phi) is 5.98. The Balaban J connectivity index is 2.87. The molecule has 2 nitrogen and oxygen atoms in total. The van der Waals surface area contributed by atoms with Crippen molar-refractivity contribution in [1.29, 1.82) is 0 Å². The molecular formula is C14H16O2P2. The molecule has 18 heavy (non-hydrogen) atoms. The van der Waals surface area contributed by atoms with Crippen molar-refractivity contribution in [3.8, 4) is 5.75 Å². The normalized spacial score (nSPS) is 13.1. The molecule has 0 spiro atoms. The van der Waals surface area contributed by atoms with Gasteiger partial charge in [0, 0.05) is 5.56 Å². The van der Waals surface area contributed by atoms with E-state index in [0.717, 1.165) is 5.31 Å². The lowest BCUT2D eigenvalue weighted by atomic mass is 10.0. The van der Waals surface area contributed by atoms with E-state index in [1.807, 2.05) is 18.0 Å². The molecule has 0 amide bonds. The van der Waals surface area contributed by atoms with Crippen LogP contribution in [0, 0.1) is 0 Å². The molecule has 0 saturated heterocycles. The number of phenols is 1. The van der Waals surface area contributed by atoms with E-state index in [-0.39, 0.29) is 11.5 Å². The second-order valence-electron chi connectivity index (χ2n) is 3.75. The highest BCUT2D eigenvalue weighted by Gasteiger charge is 2.06. The van der Waals surface area contributed by atoms with Crippen molar-refractivity contribution in [2.24, 2.45) is 0 Å². The number of phenolic OH excluding ortho intramolecular Hbond substituents is 1. The molecule has 94 valence electrons. The summed E-state index contributed by atoms with van der Waals surface area (Å²) in [6.45, 7) is 1.77. The number of Topliss-reactive ketones (excluding diaryl/α,β-unsaturated/α-hetero) is 1. The van der Waals surface area contributed by atoms with Gasteiger partial charge in [-0.1, -0.05) is 24.0 Å². The van der Waals surface area contributed by atoms with Gasteiger partial charge in [0.1, 0.15) is 5.75 Å². The molecule has 1 rings (SSSR count). The highest BCUT2D eigenvalue weighted by molar-refractivity contribution is 7.23. The number of hydrogen-bond donors (Lipinski definition) is 1. The molecule has 1 N–H and O–H groups in total. The Morgan fingerprint density at radius 2 is 1.83 bits per heavy atom. The molecule has 2 atom stereocenters. The second kappa shape index (κ2) is 7.26. The highest BCUT2D eigenvalue weighted by atomic mass is 31.0. The monoisotopic (exact) mass is 278 g/mol. The van der Waals surface area contributed by atoms with Crippen molar-refractivity contribution in [2.75, 3.05) is 0 Å². The molecule has 0 aliphatic rings. The molecule has 0 saturated carbocycles. The molecule has 2 unspecified atom stereocenters. The van der Waals surface area contributed by atoms with Gasteiger partial charge >= 0.3 is 0 Å². The van der Waals surface area contributed by atoms with Crippen molar-refractivity contribution < 1.29 is 9.90 Å². The smallest absolute Gasteiger partial charge is 0.188 e. The number of hydrogen-bond acceptors (Lipinski definition) is 2. The van der Waals surface area contributed by atoms with Crippen LogP contribution in [0.3, 0.4) is 0 Å². The number of carbonyl (C=O) groups excluding carboxylic acids is 1. The minimum atomic E-state index is -0.0427. The summed E-state index contributed by atoms with van der Waals surface area (Å²) in [6, 6.07) is 6.24. The highest BCUT2D eigenvalue weighted by Crippen LogP contribution is 2.14. The zero-order valence-electron chi connectivity index (χ0n) is 10.1. The quantitative estimate of drug-likeness (QED) is 0.395. The Hall–Kier alpha value is -1.23. The van der Waals surface area contributed by atoms with E-state index >= 15 is 0 Å². The Bertz CT molecular complexity index is 511. The topological polar surface area (TPSA) is 37.3 Å². The standard InChI is InChI=1S/C14H16O2P2/c1-10(2-7-13(18)8-9-17)14(16)11-3-5-12(15)6-4-11/h2-9,15H,17-18H2,1H3/b9-8+,10-2+,13-7+. The van der Waals surface area contributed by atoms with Gasteiger partial charge in [-0.15, -0.1) is 18.5 Å². The van der Waals surface area contributed by atoms with E-state index in [9.17, 15) is 4.79 Å². The van der Waals surface area contributed by atoms with Crippen molar-refractivity contribution in [3.63, 3.8) is 0 Å². The van der Waals surface area contributed by atoms with Crippen LogP contribution in [-0.2, 0) is 0 Å². The van der Waals surface area contributed by atoms with Gasteiger partial charge in [-0.3, -0.25) is 4.79 Å². The van der Waals surface area contributed by atoms with E-state index in [1.165, 1.54) is 12.1 Å². The SMILES string of the molecule is C\C(=C/C=C(P)\C=C\P)C(=O)c1ccc(O)cc1. The molecule has 1 aromatic carbocycles. The first-order valence-corrected chi connectivity index (χ1v) is 6.65. The van der Waals surface area contributed by atoms with Gasteiger partial charge in [0.05, 0.1) is 0 Å². The lowest BCUT2D eigenvalue weighted by Gasteiger charge is -2.00. The number of rotatable bonds is 4. The average Bonchev–Trinajstić information content (AvgIpc) is 2.36. The fourth-order valence-electron chi connectivity index (χ4n) is 1.30. The fourth-order valence-corrected chi connectivity index (χ4v) is 1.96. The molecular weight excluding hydrogens is 262 g/mol. The first-order chi connectivity index (χ1) is 8.54. The minimum Gasteiger partial charge on any atom is -0.508 e. The summed E-state index contributed by atoms with van der Waals surface area (Å²) >= 11 is 0. The van der Waals surface area contributed by atoms with E-state index in [0.29, 0.717) is 11.1 Å². The second-order valence-corrected chi connectivity index (χ2v) is 4.80. The third kappa shape index (κ3) is 4.56. The number of benzene rings is 1. The molecule has 0 radical (unpaired) electrons. The van der Waals surface area contributed by atoms with Gasteiger partial charge in [-0.05, 0) is 42.1 Å². The van der Waals surface area contributed by atoms with E-state index in [1.54, 1.807) is 25.1 Å². The molecule has 0 heterocycles. The van der Waals surface area contributed by atoms with Crippen molar-refractivity contribution >= 4 is 24.3 Å². The Morgan fingerprint density at radius 1 is 1.22 bits per heavy atom. The van der Waals surface area contributed by atoms with E-state index in [4.69, 9.17) is 5.11 Å². The molecule has 0 aromatic heterocycles. The summed E-state index contributed by atoms with van der Waals surface area (Å²) < 4.78 is 0. The van der Waals surface area contributed by atoms with Crippen LogP contribution in [0.2, 0.25) is 0 Å². The van der Waals surface area contributed by atoms with E-state index in [2.05, 4.69) is 18.5 Å². The Labute approximate surface area is 112 Å². The number of carbonyl (C=O) groups is 1. The van der Waals surface area contributed by atoms with Crippen LogP contribution in [0.4, 0.5) is 0 Å². The predicted octanol–water partition coefficient (Wildman–Crippen LogP) is 3.67. The summed E-state index contributed by atoms with van der Waals surface area (Å²) in [7, 11) is 5.08. The molecule has 0 aliphatic carbocycles. The van der Waals surface area contributed by atoms with Gasteiger partial charge in [0.25, 0.3) is 0 Å². The zero-order chi connectivity index (χ0) is 13.5. The van der Waals surface area contributed by atoms with Gasteiger partial charge in [0.2, 0.25) is 0 Å². The Morgan fingerprint density at radius 3 is 2.39 bits per heavy atom. The zero-order valence-corrected chi connectivity index (χ0v) is 12.4. The number of ketones is 1. The van der Waals surface area contributed by atoms with Gasteiger partial charge in [-0.2, -0.15) is 0 Å². The molecule has 0 fully saturated rings. The van der Waals surface area contributed by atoms with Crippen molar-refractivity contribution in [3.05, 3.63) is 64.8 Å². The minimum absolute atomic E-state index is 0.0427. The van der Waals surface area contributed by atoms with Crippen molar-refractivity contribution in [1.82, 2.24) is 0 Å². The van der Waals surface area contributed by atoms with Gasteiger partial charge in [0.15, 0.2) is 5.78 Å². The maximum Gasteiger partial charge on any atom is 0.188 e. The summed E-state index contributed by atoms with van der Waals surface area (Å²) in [4.78, 5) is 12.0. The average molecular weight is 278 g/mol. The van der Waals surface area contributed by atoms with Crippen LogP contribution in [0.1, 0.15) is 17.3 Å². The lowest BCUT2D eigenvalue weighted by Crippen LogP contribution is -1.99. The molecule has 4 heteroatoms. The third-order valence-electron chi connectivity index (χ3n) is 2.30. The summed E-state index contributed by atoms with van der Waals surface area (Å²) in [5.41, 5.74) is 1.22. The number of aromatic hydroxyl groups is 1. The predicted molar refractivity (Wildman–Crippen MR) is 82.8 cm³/mol. The maximum atomic E-state index is 12.0. The fraction of sp³-hybridized carbons (Fsp3) is 0.0714. The van der Waals surface area contributed by atoms with E-state index < -0.39 is 0 Å². The lowest BCUT2D eigenvalue weighted by molar-refractivity contribution is 0.103. The molecule has 1 aromatic rings. The number of allylic oxidation sites excluding steroid dienone is 5. The van der Waals surface area contributed by atoms with Crippen LogP contribution < -0.4 is 0 Å². The summed E-state index contributed by atoms with van der Waals surface area (Å²) in [6.07, 6.45) is 5.55.